The van der Waals surface area contributed by atoms with Gasteiger partial charge in [-0.2, -0.15) is 0 Å². The fourth-order valence-corrected chi connectivity index (χ4v) is 3.28. The minimum absolute atomic E-state index is 0.0752. The lowest BCUT2D eigenvalue weighted by Gasteiger charge is -2.14. The predicted octanol–water partition coefficient (Wildman–Crippen LogP) is 5.63. The van der Waals surface area contributed by atoms with Gasteiger partial charge in [0.2, 0.25) is 0 Å². The Morgan fingerprint density at radius 1 is 1.33 bits per heavy atom. The van der Waals surface area contributed by atoms with Crippen molar-refractivity contribution >= 4 is 27.5 Å². The molecule has 1 aromatic rings. The lowest BCUT2D eigenvalue weighted by molar-refractivity contribution is 0.352. The maximum absolute atomic E-state index is 6.54. The van der Waals surface area contributed by atoms with E-state index in [1.807, 2.05) is 0 Å². The van der Waals surface area contributed by atoms with Crippen molar-refractivity contribution in [1.29, 1.82) is 0 Å². The third-order valence-corrected chi connectivity index (χ3v) is 4.34. The molecule has 1 aliphatic heterocycles. The summed E-state index contributed by atoms with van der Waals surface area (Å²) in [5.74, 6) is 1.04. The minimum atomic E-state index is 0.0752. The van der Waals surface area contributed by atoms with Crippen LogP contribution in [0.25, 0.3) is 0 Å². The molecule has 0 bridgehead atoms. The van der Waals surface area contributed by atoms with Crippen LogP contribution in [0.2, 0.25) is 0 Å². The first-order chi connectivity index (χ1) is 8.72. The summed E-state index contributed by atoms with van der Waals surface area (Å²) in [4.78, 5) is 0. The zero-order valence-corrected chi connectivity index (χ0v) is 13.2. The number of fused-ring (bicyclic) bond motifs is 1. The number of halogens is 2. The van der Waals surface area contributed by atoms with Crippen LogP contribution in [-0.2, 0) is 6.42 Å². The van der Waals surface area contributed by atoms with Crippen molar-refractivity contribution in [3.63, 3.8) is 0 Å². The molecule has 0 amide bonds. The van der Waals surface area contributed by atoms with Crippen molar-refractivity contribution in [3.05, 3.63) is 27.7 Å². The van der Waals surface area contributed by atoms with Crippen molar-refractivity contribution in [2.75, 3.05) is 6.61 Å². The van der Waals surface area contributed by atoms with E-state index >= 15 is 0 Å². The fraction of sp³-hybridized carbons (Fsp3) is 0.600. The van der Waals surface area contributed by atoms with Crippen LogP contribution >= 0.6 is 27.5 Å². The molecule has 1 heterocycles. The molecule has 18 heavy (non-hydrogen) atoms. The quantitative estimate of drug-likeness (QED) is 0.484. The van der Waals surface area contributed by atoms with E-state index in [9.17, 15) is 0 Å². The zero-order valence-electron chi connectivity index (χ0n) is 10.8. The molecule has 0 spiro atoms. The largest absolute Gasteiger partial charge is 0.493 e. The van der Waals surface area contributed by atoms with Crippen molar-refractivity contribution in [2.24, 2.45) is 0 Å². The third kappa shape index (κ3) is 3.42. The molecule has 1 nitrogen and oxygen atoms in total. The van der Waals surface area contributed by atoms with Crippen LogP contribution in [-0.4, -0.2) is 6.61 Å². The summed E-state index contributed by atoms with van der Waals surface area (Å²) >= 11 is 10.1. The van der Waals surface area contributed by atoms with Gasteiger partial charge in [-0.3, -0.25) is 0 Å². The number of hydrogen-bond donors (Lipinski definition) is 0. The van der Waals surface area contributed by atoms with Gasteiger partial charge < -0.3 is 4.74 Å². The lowest BCUT2D eigenvalue weighted by atomic mass is 10.0. The SMILES string of the molecule is CCCCCCC(Cl)c1cc(Br)cc2c1OCC2. The number of hydrogen-bond acceptors (Lipinski definition) is 1. The van der Waals surface area contributed by atoms with Crippen molar-refractivity contribution in [2.45, 2.75) is 50.8 Å². The molecular weight excluding hydrogens is 312 g/mol. The summed E-state index contributed by atoms with van der Waals surface area (Å²) in [6.07, 6.45) is 7.08. The first-order valence-corrected chi connectivity index (χ1v) is 8.04. The molecule has 2 rings (SSSR count). The van der Waals surface area contributed by atoms with Gasteiger partial charge in [-0.1, -0.05) is 48.5 Å². The molecule has 3 heteroatoms. The second-order valence-electron chi connectivity index (χ2n) is 4.90. The summed E-state index contributed by atoms with van der Waals surface area (Å²) in [6, 6.07) is 4.26. The number of unbranched alkanes of at least 4 members (excludes halogenated alkanes) is 3. The van der Waals surface area contributed by atoms with Crippen molar-refractivity contribution in [1.82, 2.24) is 0 Å². The highest BCUT2D eigenvalue weighted by Crippen LogP contribution is 2.40. The van der Waals surface area contributed by atoms with Crippen LogP contribution in [0.4, 0.5) is 0 Å². The van der Waals surface area contributed by atoms with E-state index < -0.39 is 0 Å². The second kappa shape index (κ2) is 6.81. The average molecular weight is 332 g/mol. The Kier molecular flexibility index (Phi) is 5.38. The number of benzene rings is 1. The number of alkyl halides is 1. The molecule has 0 saturated carbocycles. The van der Waals surface area contributed by atoms with Gasteiger partial charge in [0.05, 0.1) is 12.0 Å². The second-order valence-corrected chi connectivity index (χ2v) is 6.34. The van der Waals surface area contributed by atoms with Crippen LogP contribution in [0.1, 0.15) is 55.5 Å². The van der Waals surface area contributed by atoms with Gasteiger partial charge in [-0.05, 0) is 24.1 Å². The van der Waals surface area contributed by atoms with Crippen LogP contribution in [0.15, 0.2) is 16.6 Å². The molecule has 0 fully saturated rings. The maximum Gasteiger partial charge on any atom is 0.127 e. The van der Waals surface area contributed by atoms with E-state index in [1.54, 1.807) is 0 Å². The molecule has 0 saturated heterocycles. The first kappa shape index (κ1) is 14.2. The molecular formula is C15H20BrClO. The van der Waals surface area contributed by atoms with E-state index in [0.717, 1.165) is 35.2 Å². The standard InChI is InChI=1S/C15H20BrClO/c1-2-3-4-5-6-14(17)13-10-12(16)9-11-7-8-18-15(11)13/h9-10,14H,2-8H2,1H3. The van der Waals surface area contributed by atoms with Crippen LogP contribution in [0.5, 0.6) is 5.75 Å². The van der Waals surface area contributed by atoms with Gasteiger partial charge in [0.25, 0.3) is 0 Å². The Balaban J connectivity index is 2.03. The third-order valence-electron chi connectivity index (χ3n) is 3.43. The molecule has 0 radical (unpaired) electrons. The summed E-state index contributed by atoms with van der Waals surface area (Å²) in [5.41, 5.74) is 2.45. The van der Waals surface area contributed by atoms with E-state index in [-0.39, 0.29) is 5.38 Å². The normalized spacial score (nSPS) is 15.3. The average Bonchev–Trinajstić information content (AvgIpc) is 2.81. The van der Waals surface area contributed by atoms with E-state index in [4.69, 9.17) is 16.3 Å². The van der Waals surface area contributed by atoms with Gasteiger partial charge in [0, 0.05) is 16.5 Å². The summed E-state index contributed by atoms with van der Waals surface area (Å²) in [5, 5.41) is 0.0752. The Labute approximate surface area is 123 Å². The van der Waals surface area contributed by atoms with Crippen LogP contribution < -0.4 is 4.74 Å². The van der Waals surface area contributed by atoms with Crippen molar-refractivity contribution in [3.8, 4) is 5.75 Å². The first-order valence-electron chi connectivity index (χ1n) is 6.81. The monoisotopic (exact) mass is 330 g/mol. The van der Waals surface area contributed by atoms with Crippen LogP contribution in [0, 0.1) is 0 Å². The lowest BCUT2D eigenvalue weighted by Crippen LogP contribution is -1.96. The van der Waals surface area contributed by atoms with Gasteiger partial charge in [-0.15, -0.1) is 11.6 Å². The molecule has 1 aromatic carbocycles. The molecule has 1 unspecified atom stereocenters. The molecule has 1 atom stereocenters. The summed E-state index contributed by atoms with van der Waals surface area (Å²) in [6.45, 7) is 3.02. The Bertz CT molecular complexity index is 406. The topological polar surface area (TPSA) is 9.23 Å². The Hall–Kier alpha value is -0.210. The highest BCUT2D eigenvalue weighted by Gasteiger charge is 2.21. The zero-order chi connectivity index (χ0) is 13.0. The highest BCUT2D eigenvalue weighted by molar-refractivity contribution is 9.10. The summed E-state index contributed by atoms with van der Waals surface area (Å²) < 4.78 is 6.84. The van der Waals surface area contributed by atoms with E-state index in [0.29, 0.717) is 0 Å². The predicted molar refractivity (Wildman–Crippen MR) is 80.7 cm³/mol. The van der Waals surface area contributed by atoms with Crippen molar-refractivity contribution < 1.29 is 4.74 Å². The van der Waals surface area contributed by atoms with Gasteiger partial charge >= 0.3 is 0 Å². The molecule has 0 N–H and O–H groups in total. The van der Waals surface area contributed by atoms with E-state index in [2.05, 4.69) is 35.0 Å². The fourth-order valence-electron chi connectivity index (χ4n) is 2.44. The Morgan fingerprint density at radius 3 is 2.94 bits per heavy atom. The highest BCUT2D eigenvalue weighted by atomic mass is 79.9. The van der Waals surface area contributed by atoms with E-state index in [1.165, 1.54) is 31.2 Å². The van der Waals surface area contributed by atoms with Gasteiger partial charge in [-0.25, -0.2) is 0 Å². The number of rotatable bonds is 6. The molecule has 0 aromatic heterocycles. The van der Waals surface area contributed by atoms with Gasteiger partial charge in [0.15, 0.2) is 0 Å². The smallest absolute Gasteiger partial charge is 0.127 e. The Morgan fingerprint density at radius 2 is 2.17 bits per heavy atom. The molecule has 0 aliphatic carbocycles. The minimum Gasteiger partial charge on any atom is -0.493 e. The molecule has 1 aliphatic rings. The molecule has 100 valence electrons. The number of ether oxygens (including phenoxy) is 1. The maximum atomic E-state index is 6.54. The van der Waals surface area contributed by atoms with Crippen LogP contribution in [0.3, 0.4) is 0 Å². The summed E-state index contributed by atoms with van der Waals surface area (Å²) in [7, 11) is 0. The van der Waals surface area contributed by atoms with Gasteiger partial charge in [0.1, 0.15) is 5.75 Å².